The Morgan fingerprint density at radius 1 is 1.50 bits per heavy atom. The van der Waals surface area contributed by atoms with E-state index >= 15 is 0 Å². The molecule has 2 aromatic heterocycles. The van der Waals surface area contributed by atoms with E-state index in [1.807, 2.05) is 23.9 Å². The SMILES string of the molecule is CC1CCCN(C(=O)c2ccc(CSc3nccn3C)o2)C1CO. The zero-order valence-electron chi connectivity index (χ0n) is 14.0. The predicted octanol–water partition coefficient (Wildman–Crippen LogP) is 2.54. The van der Waals surface area contributed by atoms with Crippen molar-refractivity contribution in [1.82, 2.24) is 14.5 Å². The summed E-state index contributed by atoms with van der Waals surface area (Å²) in [5.41, 5.74) is 0. The summed E-state index contributed by atoms with van der Waals surface area (Å²) in [5, 5.41) is 10.5. The summed E-state index contributed by atoms with van der Waals surface area (Å²) in [6.45, 7) is 2.75. The van der Waals surface area contributed by atoms with Crippen molar-refractivity contribution in [3.05, 3.63) is 36.0 Å². The molecule has 0 bridgehead atoms. The molecule has 2 aromatic rings. The van der Waals surface area contributed by atoms with E-state index in [2.05, 4.69) is 11.9 Å². The van der Waals surface area contributed by atoms with Gasteiger partial charge in [0.15, 0.2) is 10.9 Å². The van der Waals surface area contributed by atoms with E-state index in [1.165, 1.54) is 0 Å². The van der Waals surface area contributed by atoms with Crippen LogP contribution in [0.25, 0.3) is 0 Å². The summed E-state index contributed by atoms with van der Waals surface area (Å²) in [6.07, 6.45) is 5.66. The van der Waals surface area contributed by atoms with Crippen LogP contribution in [0.2, 0.25) is 0 Å². The number of aromatic nitrogens is 2. The van der Waals surface area contributed by atoms with Gasteiger partial charge in [-0.15, -0.1) is 0 Å². The third kappa shape index (κ3) is 3.52. The number of carbonyl (C=O) groups is 1. The Morgan fingerprint density at radius 3 is 3.04 bits per heavy atom. The van der Waals surface area contributed by atoms with Gasteiger partial charge in [-0.2, -0.15) is 0 Å². The minimum Gasteiger partial charge on any atom is -0.455 e. The molecule has 1 amide bonds. The van der Waals surface area contributed by atoms with Gasteiger partial charge in [-0.3, -0.25) is 4.79 Å². The molecule has 1 fully saturated rings. The zero-order chi connectivity index (χ0) is 17.1. The van der Waals surface area contributed by atoms with Gasteiger partial charge in [-0.1, -0.05) is 18.7 Å². The number of hydrogen-bond donors (Lipinski definition) is 1. The molecule has 2 unspecified atom stereocenters. The fourth-order valence-electron chi connectivity index (χ4n) is 3.12. The number of carbonyl (C=O) groups excluding carboxylic acids is 1. The normalized spacial score (nSPS) is 21.2. The number of amides is 1. The van der Waals surface area contributed by atoms with Crippen molar-refractivity contribution in [1.29, 1.82) is 0 Å². The van der Waals surface area contributed by atoms with Crippen molar-refractivity contribution < 1.29 is 14.3 Å². The number of nitrogens with zero attached hydrogens (tertiary/aromatic N) is 3. The monoisotopic (exact) mass is 349 g/mol. The first kappa shape index (κ1) is 17.1. The summed E-state index contributed by atoms with van der Waals surface area (Å²) in [5.74, 6) is 1.89. The molecule has 1 N–H and O–H groups in total. The third-order valence-corrected chi connectivity index (χ3v) is 5.64. The quantitative estimate of drug-likeness (QED) is 0.840. The Kier molecular flexibility index (Phi) is 5.30. The largest absolute Gasteiger partial charge is 0.455 e. The van der Waals surface area contributed by atoms with Crippen molar-refractivity contribution in [3.63, 3.8) is 0 Å². The van der Waals surface area contributed by atoms with Crippen LogP contribution in [0, 0.1) is 5.92 Å². The van der Waals surface area contributed by atoms with Gasteiger partial charge in [0.1, 0.15) is 5.76 Å². The molecule has 0 radical (unpaired) electrons. The first-order valence-corrected chi connectivity index (χ1v) is 9.19. The minimum atomic E-state index is -0.131. The van der Waals surface area contributed by atoms with Crippen LogP contribution >= 0.6 is 11.8 Å². The van der Waals surface area contributed by atoms with Crippen LogP contribution in [0.1, 0.15) is 36.1 Å². The lowest BCUT2D eigenvalue weighted by molar-refractivity contribution is 0.0330. The molecule has 2 atom stereocenters. The number of furan rings is 1. The van der Waals surface area contributed by atoms with Gasteiger partial charge in [0, 0.05) is 26.0 Å². The molecule has 1 saturated heterocycles. The molecule has 130 valence electrons. The molecule has 3 heterocycles. The number of aliphatic hydroxyl groups excluding tert-OH is 1. The number of hydrogen-bond acceptors (Lipinski definition) is 5. The van der Waals surface area contributed by atoms with Crippen LogP contribution < -0.4 is 0 Å². The summed E-state index contributed by atoms with van der Waals surface area (Å²) in [6, 6.07) is 3.44. The second-order valence-corrected chi connectivity index (χ2v) is 7.19. The van der Waals surface area contributed by atoms with Gasteiger partial charge in [0.25, 0.3) is 5.91 Å². The maximum absolute atomic E-state index is 12.7. The predicted molar refractivity (Wildman–Crippen MR) is 91.8 cm³/mol. The van der Waals surface area contributed by atoms with Gasteiger partial charge in [0.2, 0.25) is 0 Å². The second-order valence-electron chi connectivity index (χ2n) is 6.24. The summed E-state index contributed by atoms with van der Waals surface area (Å²) in [4.78, 5) is 18.7. The number of likely N-dealkylation sites (tertiary alicyclic amines) is 1. The highest BCUT2D eigenvalue weighted by atomic mass is 32.2. The Labute approximate surface area is 145 Å². The molecule has 1 aliphatic rings. The molecule has 0 aromatic carbocycles. The maximum atomic E-state index is 12.7. The highest BCUT2D eigenvalue weighted by Crippen LogP contribution is 2.26. The maximum Gasteiger partial charge on any atom is 0.289 e. The first-order chi connectivity index (χ1) is 11.6. The van der Waals surface area contributed by atoms with Gasteiger partial charge >= 0.3 is 0 Å². The highest BCUT2D eigenvalue weighted by Gasteiger charge is 2.33. The van der Waals surface area contributed by atoms with Crippen molar-refractivity contribution in [2.45, 2.75) is 36.7 Å². The molecule has 6 nitrogen and oxygen atoms in total. The third-order valence-electron chi connectivity index (χ3n) is 4.56. The molecule has 3 rings (SSSR count). The smallest absolute Gasteiger partial charge is 0.289 e. The molecule has 0 saturated carbocycles. The molecular weight excluding hydrogens is 326 g/mol. The van der Waals surface area contributed by atoms with E-state index in [0.717, 1.165) is 23.8 Å². The number of aryl methyl sites for hydroxylation is 1. The molecule has 7 heteroatoms. The number of aliphatic hydroxyl groups is 1. The van der Waals surface area contributed by atoms with Crippen molar-refractivity contribution >= 4 is 17.7 Å². The Bertz CT molecular complexity index is 697. The minimum absolute atomic E-state index is 0.00448. The Balaban J connectivity index is 1.66. The number of piperidine rings is 1. The van der Waals surface area contributed by atoms with Crippen molar-refractivity contribution in [3.8, 4) is 0 Å². The van der Waals surface area contributed by atoms with Crippen molar-refractivity contribution in [2.75, 3.05) is 13.2 Å². The van der Waals surface area contributed by atoms with Gasteiger partial charge in [-0.05, 0) is 30.9 Å². The lowest BCUT2D eigenvalue weighted by atomic mass is 9.91. The summed E-state index contributed by atoms with van der Waals surface area (Å²) < 4.78 is 7.68. The van der Waals surface area contributed by atoms with Crippen LogP contribution in [0.3, 0.4) is 0 Å². The lowest BCUT2D eigenvalue weighted by Gasteiger charge is -2.38. The standard InChI is InChI=1S/C17H23N3O3S/c1-12-4-3-8-20(14(12)10-21)16(22)15-6-5-13(23-15)11-24-17-18-7-9-19(17)2/h5-7,9,12,14,21H,3-4,8,10-11H2,1-2H3. The van der Waals surface area contributed by atoms with E-state index in [9.17, 15) is 9.90 Å². The summed E-state index contributed by atoms with van der Waals surface area (Å²) in [7, 11) is 1.94. The highest BCUT2D eigenvalue weighted by molar-refractivity contribution is 7.98. The zero-order valence-corrected chi connectivity index (χ0v) is 14.8. The van der Waals surface area contributed by atoms with E-state index in [1.54, 1.807) is 28.9 Å². The van der Waals surface area contributed by atoms with Crippen LogP contribution in [0.4, 0.5) is 0 Å². The first-order valence-electron chi connectivity index (χ1n) is 8.21. The topological polar surface area (TPSA) is 71.5 Å². The Hall–Kier alpha value is -1.73. The van der Waals surface area contributed by atoms with Crippen LogP contribution in [0.5, 0.6) is 0 Å². The van der Waals surface area contributed by atoms with E-state index in [0.29, 0.717) is 24.0 Å². The molecule has 0 aliphatic carbocycles. The molecule has 1 aliphatic heterocycles. The lowest BCUT2D eigenvalue weighted by Crippen LogP contribution is -2.49. The molecule has 24 heavy (non-hydrogen) atoms. The number of rotatable bonds is 5. The molecular formula is C17H23N3O3S. The van der Waals surface area contributed by atoms with Crippen molar-refractivity contribution in [2.24, 2.45) is 13.0 Å². The number of imidazole rings is 1. The van der Waals surface area contributed by atoms with E-state index in [4.69, 9.17) is 4.42 Å². The van der Waals surface area contributed by atoms with Gasteiger partial charge < -0.3 is 19.0 Å². The van der Waals surface area contributed by atoms with Crippen LogP contribution in [-0.4, -0.2) is 44.7 Å². The van der Waals surface area contributed by atoms with E-state index < -0.39 is 0 Å². The van der Waals surface area contributed by atoms with Gasteiger partial charge in [0.05, 0.1) is 18.4 Å². The number of thioether (sulfide) groups is 1. The van der Waals surface area contributed by atoms with Crippen LogP contribution in [0.15, 0.2) is 34.1 Å². The van der Waals surface area contributed by atoms with Gasteiger partial charge in [-0.25, -0.2) is 4.98 Å². The van der Waals surface area contributed by atoms with Crippen LogP contribution in [-0.2, 0) is 12.8 Å². The fourth-order valence-corrected chi connectivity index (χ4v) is 3.94. The van der Waals surface area contributed by atoms with E-state index in [-0.39, 0.29) is 18.6 Å². The average molecular weight is 349 g/mol. The average Bonchev–Trinajstić information content (AvgIpc) is 3.21. The molecule has 0 spiro atoms. The Morgan fingerprint density at radius 2 is 2.33 bits per heavy atom. The summed E-state index contributed by atoms with van der Waals surface area (Å²) >= 11 is 1.57. The second kappa shape index (κ2) is 7.44. The fraction of sp³-hybridized carbons (Fsp3) is 0.529.